The van der Waals surface area contributed by atoms with E-state index < -0.39 is 0 Å². The number of halogens is 1. The van der Waals surface area contributed by atoms with E-state index in [0.29, 0.717) is 11.1 Å². The summed E-state index contributed by atoms with van der Waals surface area (Å²) >= 11 is 5.93. The zero-order valence-electron chi connectivity index (χ0n) is 8.95. The number of ether oxygens (including phenoxy) is 1. The van der Waals surface area contributed by atoms with Gasteiger partial charge in [-0.25, -0.2) is 4.98 Å². The van der Waals surface area contributed by atoms with E-state index in [1.165, 1.54) is 0 Å². The molecule has 0 spiro atoms. The third kappa shape index (κ3) is 1.72. The van der Waals surface area contributed by atoms with Crippen LogP contribution in [-0.2, 0) is 0 Å². The molecule has 4 nitrogen and oxygen atoms in total. The Labute approximate surface area is 99.6 Å². The molecule has 1 aromatic heterocycles. The van der Waals surface area contributed by atoms with Gasteiger partial charge in [0.2, 0.25) is 0 Å². The van der Waals surface area contributed by atoms with Crippen LogP contribution >= 0.6 is 11.6 Å². The quantitative estimate of drug-likeness (QED) is 0.741. The van der Waals surface area contributed by atoms with Gasteiger partial charge in [-0.05, 0) is 0 Å². The molecule has 0 saturated carbocycles. The third-order valence-corrected chi connectivity index (χ3v) is 3.34. The summed E-state index contributed by atoms with van der Waals surface area (Å²) in [5, 5.41) is 4.03. The molecule has 5 heteroatoms. The van der Waals surface area contributed by atoms with Gasteiger partial charge < -0.3 is 15.0 Å². The van der Waals surface area contributed by atoms with E-state index in [1.807, 2.05) is 6.07 Å². The Balaban J connectivity index is 2.00. The highest BCUT2D eigenvalue weighted by Gasteiger charge is 2.28. The topological polar surface area (TPSA) is 37.4 Å². The van der Waals surface area contributed by atoms with Gasteiger partial charge in [0.05, 0.1) is 11.6 Å². The molecule has 86 valence electrons. The predicted octanol–water partition coefficient (Wildman–Crippen LogP) is 1.30. The van der Waals surface area contributed by atoms with Crippen LogP contribution in [0.3, 0.4) is 0 Å². The van der Waals surface area contributed by atoms with Crippen LogP contribution in [-0.4, -0.2) is 37.3 Å². The lowest BCUT2D eigenvalue weighted by molar-refractivity contribution is 0.303. The summed E-state index contributed by atoms with van der Waals surface area (Å²) in [7, 11) is 0. The van der Waals surface area contributed by atoms with Crippen LogP contribution in [0.15, 0.2) is 12.3 Å². The fourth-order valence-electron chi connectivity index (χ4n) is 2.34. The van der Waals surface area contributed by atoms with Crippen molar-refractivity contribution >= 4 is 17.4 Å². The van der Waals surface area contributed by atoms with E-state index in [2.05, 4.69) is 15.2 Å². The number of nitrogens with zero attached hydrogens (tertiary/aromatic N) is 2. The Morgan fingerprint density at radius 1 is 1.56 bits per heavy atom. The SMILES string of the molecule is Clc1cnc2c(c1)OCC[C@H]1CNCCN21. The molecular weight excluding hydrogens is 226 g/mol. The van der Waals surface area contributed by atoms with Gasteiger partial charge in [0.1, 0.15) is 0 Å². The van der Waals surface area contributed by atoms with Gasteiger partial charge >= 0.3 is 0 Å². The first-order valence-electron chi connectivity index (χ1n) is 5.60. The van der Waals surface area contributed by atoms with E-state index in [-0.39, 0.29) is 0 Å². The van der Waals surface area contributed by atoms with Gasteiger partial charge in [0.15, 0.2) is 11.6 Å². The number of hydrogen-bond acceptors (Lipinski definition) is 4. The standard InChI is InChI=1S/C11H14ClN3O/c12-8-5-10-11(14-6-8)15-3-2-13-7-9(15)1-4-16-10/h5-6,9,13H,1-4,7H2/t9-/m0/s1. The van der Waals surface area contributed by atoms with Crippen LogP contribution in [0.4, 0.5) is 5.82 Å². The van der Waals surface area contributed by atoms with Crippen molar-refractivity contribution < 1.29 is 4.74 Å². The summed E-state index contributed by atoms with van der Waals surface area (Å²) < 4.78 is 5.70. The molecule has 1 N–H and O–H groups in total. The zero-order valence-corrected chi connectivity index (χ0v) is 9.70. The Bertz CT molecular complexity index is 399. The van der Waals surface area contributed by atoms with E-state index in [1.54, 1.807) is 6.20 Å². The number of aromatic nitrogens is 1. The average Bonchev–Trinajstić information content (AvgIpc) is 2.47. The Hall–Kier alpha value is -1.00. The second-order valence-corrected chi connectivity index (χ2v) is 4.60. The minimum Gasteiger partial charge on any atom is -0.490 e. The summed E-state index contributed by atoms with van der Waals surface area (Å²) in [5.41, 5.74) is 0. The summed E-state index contributed by atoms with van der Waals surface area (Å²) in [6.07, 6.45) is 2.72. The van der Waals surface area contributed by atoms with Crippen LogP contribution in [0.1, 0.15) is 6.42 Å². The number of anilines is 1. The first-order valence-corrected chi connectivity index (χ1v) is 5.98. The van der Waals surface area contributed by atoms with Crippen LogP contribution in [0.25, 0.3) is 0 Å². The molecule has 0 radical (unpaired) electrons. The molecule has 2 aliphatic rings. The molecule has 3 rings (SSSR count). The Morgan fingerprint density at radius 2 is 2.50 bits per heavy atom. The highest BCUT2D eigenvalue weighted by molar-refractivity contribution is 6.30. The largest absolute Gasteiger partial charge is 0.490 e. The number of fused-ring (bicyclic) bond motifs is 3. The third-order valence-electron chi connectivity index (χ3n) is 3.13. The molecule has 1 saturated heterocycles. The van der Waals surface area contributed by atoms with Crippen molar-refractivity contribution in [2.45, 2.75) is 12.5 Å². The number of nitrogens with one attached hydrogen (secondary N) is 1. The number of rotatable bonds is 0. The molecule has 1 aromatic rings. The number of piperazine rings is 1. The highest BCUT2D eigenvalue weighted by Crippen LogP contribution is 2.33. The fourth-order valence-corrected chi connectivity index (χ4v) is 2.49. The van der Waals surface area contributed by atoms with E-state index in [4.69, 9.17) is 16.3 Å². The summed E-state index contributed by atoms with van der Waals surface area (Å²) in [6, 6.07) is 2.34. The number of hydrogen-bond donors (Lipinski definition) is 1. The molecule has 0 aromatic carbocycles. The zero-order chi connectivity index (χ0) is 11.0. The first kappa shape index (κ1) is 10.2. The molecule has 3 heterocycles. The second-order valence-electron chi connectivity index (χ2n) is 4.16. The molecule has 0 amide bonds. The van der Waals surface area contributed by atoms with Gasteiger partial charge in [-0.15, -0.1) is 0 Å². The lowest BCUT2D eigenvalue weighted by Gasteiger charge is -2.35. The summed E-state index contributed by atoms with van der Waals surface area (Å²) in [5.74, 6) is 1.75. The van der Waals surface area contributed by atoms with Crippen LogP contribution in [0, 0.1) is 0 Å². The lowest BCUT2D eigenvalue weighted by Crippen LogP contribution is -2.51. The normalized spacial score (nSPS) is 24.1. The van der Waals surface area contributed by atoms with Crippen molar-refractivity contribution in [3.8, 4) is 5.75 Å². The van der Waals surface area contributed by atoms with Crippen molar-refractivity contribution in [3.05, 3.63) is 17.3 Å². The lowest BCUT2D eigenvalue weighted by atomic mass is 10.1. The van der Waals surface area contributed by atoms with Crippen LogP contribution in [0.5, 0.6) is 5.75 Å². The maximum atomic E-state index is 5.93. The Kier molecular flexibility index (Phi) is 2.61. The summed E-state index contributed by atoms with van der Waals surface area (Å²) in [4.78, 5) is 6.73. The average molecular weight is 240 g/mol. The van der Waals surface area contributed by atoms with Crippen molar-refractivity contribution in [2.24, 2.45) is 0 Å². The smallest absolute Gasteiger partial charge is 0.171 e. The monoisotopic (exact) mass is 239 g/mol. The molecule has 0 bridgehead atoms. The van der Waals surface area contributed by atoms with Crippen molar-refractivity contribution in [2.75, 3.05) is 31.1 Å². The first-order chi connectivity index (χ1) is 7.84. The molecule has 1 atom stereocenters. The van der Waals surface area contributed by atoms with E-state index in [9.17, 15) is 0 Å². The van der Waals surface area contributed by atoms with Crippen LogP contribution < -0.4 is 15.0 Å². The fraction of sp³-hybridized carbons (Fsp3) is 0.545. The molecular formula is C11H14ClN3O. The van der Waals surface area contributed by atoms with Crippen LogP contribution in [0.2, 0.25) is 5.02 Å². The molecule has 2 aliphatic heterocycles. The Morgan fingerprint density at radius 3 is 3.44 bits per heavy atom. The maximum absolute atomic E-state index is 5.93. The minimum atomic E-state index is 0.490. The van der Waals surface area contributed by atoms with E-state index in [0.717, 1.165) is 44.2 Å². The molecule has 1 fully saturated rings. The van der Waals surface area contributed by atoms with Crippen molar-refractivity contribution in [1.29, 1.82) is 0 Å². The molecule has 16 heavy (non-hydrogen) atoms. The van der Waals surface area contributed by atoms with Crippen molar-refractivity contribution in [3.63, 3.8) is 0 Å². The maximum Gasteiger partial charge on any atom is 0.171 e. The van der Waals surface area contributed by atoms with Gasteiger partial charge in [-0.1, -0.05) is 11.6 Å². The van der Waals surface area contributed by atoms with Gasteiger partial charge in [-0.3, -0.25) is 0 Å². The second kappa shape index (κ2) is 4.11. The predicted molar refractivity (Wildman–Crippen MR) is 63.4 cm³/mol. The van der Waals surface area contributed by atoms with Gasteiger partial charge in [0, 0.05) is 44.4 Å². The van der Waals surface area contributed by atoms with Crippen molar-refractivity contribution in [1.82, 2.24) is 10.3 Å². The minimum absolute atomic E-state index is 0.490. The molecule has 0 unspecified atom stereocenters. The summed E-state index contributed by atoms with van der Waals surface area (Å²) in [6.45, 7) is 3.72. The highest BCUT2D eigenvalue weighted by atomic mass is 35.5. The van der Waals surface area contributed by atoms with Gasteiger partial charge in [0.25, 0.3) is 0 Å². The van der Waals surface area contributed by atoms with Gasteiger partial charge in [-0.2, -0.15) is 0 Å². The van der Waals surface area contributed by atoms with E-state index >= 15 is 0 Å². The number of pyridine rings is 1. The molecule has 0 aliphatic carbocycles.